The standard InChI is InChI=1S/C10H16N2O3/c13-9-1-4-12(10(14)7-11-9)8-2-5-15-6-3-8/h8H,1-7H2,(H,11,13). The van der Waals surface area contributed by atoms with Gasteiger partial charge in [0.05, 0.1) is 6.54 Å². The van der Waals surface area contributed by atoms with E-state index in [4.69, 9.17) is 4.74 Å². The summed E-state index contributed by atoms with van der Waals surface area (Å²) in [5, 5.41) is 2.60. The van der Waals surface area contributed by atoms with Gasteiger partial charge in [-0.3, -0.25) is 9.59 Å². The van der Waals surface area contributed by atoms with Crippen LogP contribution in [0.4, 0.5) is 0 Å². The maximum absolute atomic E-state index is 11.7. The Hall–Kier alpha value is -1.10. The fourth-order valence-corrected chi connectivity index (χ4v) is 2.09. The van der Waals surface area contributed by atoms with Crippen LogP contribution in [-0.2, 0) is 14.3 Å². The first-order valence-electron chi connectivity index (χ1n) is 5.41. The molecule has 0 unspecified atom stereocenters. The van der Waals surface area contributed by atoms with Gasteiger partial charge in [-0.1, -0.05) is 0 Å². The summed E-state index contributed by atoms with van der Waals surface area (Å²) in [6.45, 7) is 2.14. The largest absolute Gasteiger partial charge is 0.381 e. The molecule has 2 rings (SSSR count). The molecule has 2 fully saturated rings. The number of hydrogen-bond acceptors (Lipinski definition) is 3. The lowest BCUT2D eigenvalue weighted by molar-refractivity contribution is -0.133. The summed E-state index contributed by atoms with van der Waals surface area (Å²) in [7, 11) is 0. The van der Waals surface area contributed by atoms with E-state index in [0.717, 1.165) is 26.1 Å². The first kappa shape index (κ1) is 10.4. The van der Waals surface area contributed by atoms with Gasteiger partial charge in [0.1, 0.15) is 0 Å². The molecule has 15 heavy (non-hydrogen) atoms. The molecule has 0 aromatic carbocycles. The van der Waals surface area contributed by atoms with Crippen LogP contribution in [0.25, 0.3) is 0 Å². The number of amides is 2. The Morgan fingerprint density at radius 1 is 1.27 bits per heavy atom. The van der Waals surface area contributed by atoms with E-state index in [0.29, 0.717) is 13.0 Å². The van der Waals surface area contributed by atoms with Crippen molar-refractivity contribution < 1.29 is 14.3 Å². The van der Waals surface area contributed by atoms with Crippen molar-refractivity contribution >= 4 is 11.8 Å². The Morgan fingerprint density at radius 3 is 2.73 bits per heavy atom. The quantitative estimate of drug-likeness (QED) is 0.638. The van der Waals surface area contributed by atoms with Gasteiger partial charge in [0.2, 0.25) is 11.8 Å². The molecule has 2 aliphatic heterocycles. The third-order valence-corrected chi connectivity index (χ3v) is 2.97. The van der Waals surface area contributed by atoms with Gasteiger partial charge in [-0.05, 0) is 12.8 Å². The van der Waals surface area contributed by atoms with Gasteiger partial charge in [-0.15, -0.1) is 0 Å². The van der Waals surface area contributed by atoms with Crippen molar-refractivity contribution in [2.45, 2.75) is 25.3 Å². The maximum Gasteiger partial charge on any atom is 0.242 e. The number of ether oxygens (including phenoxy) is 1. The molecule has 0 bridgehead atoms. The molecule has 2 amide bonds. The first-order valence-corrected chi connectivity index (χ1v) is 5.41. The topological polar surface area (TPSA) is 58.6 Å². The Kier molecular flexibility index (Phi) is 3.20. The van der Waals surface area contributed by atoms with Crippen LogP contribution in [0, 0.1) is 0 Å². The molecule has 0 saturated carbocycles. The van der Waals surface area contributed by atoms with E-state index in [9.17, 15) is 9.59 Å². The highest BCUT2D eigenvalue weighted by Gasteiger charge is 2.28. The number of carbonyl (C=O) groups excluding carboxylic acids is 2. The molecule has 2 saturated heterocycles. The van der Waals surface area contributed by atoms with E-state index >= 15 is 0 Å². The SMILES string of the molecule is O=C1CCN(C2CCOCC2)C(=O)CN1. The predicted octanol–water partition coefficient (Wildman–Crippen LogP) is -0.486. The molecular weight excluding hydrogens is 196 g/mol. The minimum Gasteiger partial charge on any atom is -0.381 e. The van der Waals surface area contributed by atoms with E-state index in [1.807, 2.05) is 4.90 Å². The second-order valence-electron chi connectivity index (χ2n) is 3.96. The summed E-state index contributed by atoms with van der Waals surface area (Å²) in [5.74, 6) is 0.00524. The Labute approximate surface area is 88.8 Å². The number of hydrogen-bond donors (Lipinski definition) is 1. The van der Waals surface area contributed by atoms with Crippen LogP contribution in [0.3, 0.4) is 0 Å². The second-order valence-corrected chi connectivity index (χ2v) is 3.96. The van der Waals surface area contributed by atoms with Crippen LogP contribution < -0.4 is 5.32 Å². The molecule has 0 aliphatic carbocycles. The summed E-state index contributed by atoms with van der Waals surface area (Å²) >= 11 is 0. The highest BCUT2D eigenvalue weighted by Crippen LogP contribution is 2.15. The minimum absolute atomic E-state index is 0.0297. The number of nitrogens with zero attached hydrogens (tertiary/aromatic N) is 1. The summed E-state index contributed by atoms with van der Waals surface area (Å²) in [5.41, 5.74) is 0. The number of nitrogens with one attached hydrogen (secondary N) is 1. The van der Waals surface area contributed by atoms with E-state index < -0.39 is 0 Å². The Bertz CT molecular complexity index is 261. The van der Waals surface area contributed by atoms with E-state index in [1.165, 1.54) is 0 Å². The highest BCUT2D eigenvalue weighted by atomic mass is 16.5. The molecule has 5 heteroatoms. The second kappa shape index (κ2) is 4.61. The van der Waals surface area contributed by atoms with Crippen molar-refractivity contribution in [3.05, 3.63) is 0 Å². The Balaban J connectivity index is 1.99. The molecule has 2 aliphatic rings. The predicted molar refractivity (Wildman–Crippen MR) is 53.2 cm³/mol. The van der Waals surface area contributed by atoms with Crippen LogP contribution in [-0.4, -0.2) is 49.1 Å². The smallest absolute Gasteiger partial charge is 0.242 e. The van der Waals surface area contributed by atoms with Crippen molar-refractivity contribution in [3.63, 3.8) is 0 Å². The molecule has 0 spiro atoms. The zero-order chi connectivity index (χ0) is 10.7. The molecule has 84 valence electrons. The van der Waals surface area contributed by atoms with Crippen molar-refractivity contribution in [1.29, 1.82) is 0 Å². The number of carbonyl (C=O) groups is 2. The molecule has 0 radical (unpaired) electrons. The third kappa shape index (κ3) is 2.47. The lowest BCUT2D eigenvalue weighted by Gasteiger charge is -2.33. The van der Waals surface area contributed by atoms with Gasteiger partial charge in [0.15, 0.2) is 0 Å². The van der Waals surface area contributed by atoms with Gasteiger partial charge in [0, 0.05) is 32.2 Å². The molecule has 0 aromatic heterocycles. The fraction of sp³-hybridized carbons (Fsp3) is 0.800. The Morgan fingerprint density at radius 2 is 2.00 bits per heavy atom. The van der Waals surface area contributed by atoms with Gasteiger partial charge in [-0.2, -0.15) is 0 Å². The summed E-state index contributed by atoms with van der Waals surface area (Å²) in [4.78, 5) is 24.7. The van der Waals surface area contributed by atoms with E-state index in [-0.39, 0.29) is 24.4 Å². The average Bonchev–Trinajstić information content (AvgIpc) is 2.43. The van der Waals surface area contributed by atoms with Crippen molar-refractivity contribution in [2.75, 3.05) is 26.3 Å². The summed E-state index contributed by atoms with van der Waals surface area (Å²) in [6, 6.07) is 0.263. The van der Waals surface area contributed by atoms with Crippen LogP contribution in [0.15, 0.2) is 0 Å². The van der Waals surface area contributed by atoms with E-state index in [1.54, 1.807) is 0 Å². The molecule has 0 atom stereocenters. The molecule has 2 heterocycles. The van der Waals surface area contributed by atoms with Gasteiger partial charge >= 0.3 is 0 Å². The van der Waals surface area contributed by atoms with Crippen molar-refractivity contribution in [2.24, 2.45) is 0 Å². The van der Waals surface area contributed by atoms with Gasteiger partial charge in [0.25, 0.3) is 0 Å². The van der Waals surface area contributed by atoms with Crippen LogP contribution in [0.5, 0.6) is 0 Å². The number of rotatable bonds is 1. The van der Waals surface area contributed by atoms with Crippen LogP contribution in [0.2, 0.25) is 0 Å². The molecule has 1 N–H and O–H groups in total. The zero-order valence-electron chi connectivity index (χ0n) is 8.70. The highest BCUT2D eigenvalue weighted by molar-refractivity contribution is 5.87. The molecular formula is C10H16N2O3. The average molecular weight is 212 g/mol. The van der Waals surface area contributed by atoms with Crippen LogP contribution in [0.1, 0.15) is 19.3 Å². The van der Waals surface area contributed by atoms with Crippen molar-refractivity contribution in [3.8, 4) is 0 Å². The molecule has 0 aromatic rings. The minimum atomic E-state index is -0.0297. The van der Waals surface area contributed by atoms with Gasteiger partial charge in [-0.25, -0.2) is 0 Å². The lowest BCUT2D eigenvalue weighted by atomic mass is 10.1. The van der Waals surface area contributed by atoms with Gasteiger partial charge < -0.3 is 15.0 Å². The molecule has 5 nitrogen and oxygen atoms in total. The maximum atomic E-state index is 11.7. The summed E-state index contributed by atoms with van der Waals surface area (Å²) in [6.07, 6.45) is 2.20. The first-order chi connectivity index (χ1) is 7.27. The monoisotopic (exact) mass is 212 g/mol. The lowest BCUT2D eigenvalue weighted by Crippen LogP contribution is -2.45. The zero-order valence-corrected chi connectivity index (χ0v) is 8.70. The van der Waals surface area contributed by atoms with E-state index in [2.05, 4.69) is 5.32 Å². The normalized spacial score (nSPS) is 24.9. The third-order valence-electron chi connectivity index (χ3n) is 2.97. The van der Waals surface area contributed by atoms with Crippen LogP contribution >= 0.6 is 0 Å². The van der Waals surface area contributed by atoms with Crippen molar-refractivity contribution in [1.82, 2.24) is 10.2 Å². The summed E-state index contributed by atoms with van der Waals surface area (Å²) < 4.78 is 5.26. The fourth-order valence-electron chi connectivity index (χ4n) is 2.09.